The number of hydrogen-bond acceptors (Lipinski definition) is 3. The molecule has 2 aromatic rings. The monoisotopic (exact) mass is 413 g/mol. The second-order valence-corrected chi connectivity index (χ2v) is 8.25. The third-order valence-electron chi connectivity index (χ3n) is 5.13. The Hall–Kier alpha value is -2.53. The number of para-hydroxylation sites is 1. The summed E-state index contributed by atoms with van der Waals surface area (Å²) in [6.07, 6.45) is 0.608. The second-order valence-electron chi connectivity index (χ2n) is 7.81. The van der Waals surface area contributed by atoms with Crippen molar-refractivity contribution in [2.75, 3.05) is 31.1 Å². The molecule has 3 rings (SSSR count). The maximum atomic E-state index is 13.2. The van der Waals surface area contributed by atoms with Gasteiger partial charge < -0.3 is 15.1 Å². The summed E-state index contributed by atoms with van der Waals surface area (Å²) in [6.45, 7) is 6.99. The molecule has 0 radical (unpaired) electrons. The van der Waals surface area contributed by atoms with Crippen LogP contribution in [0.3, 0.4) is 0 Å². The zero-order valence-electron chi connectivity index (χ0n) is 17.0. The number of carbonyl (C=O) groups is 2. The van der Waals surface area contributed by atoms with Crippen LogP contribution in [0.5, 0.6) is 0 Å². The molecule has 0 bridgehead atoms. The Bertz CT molecular complexity index is 816. The zero-order chi connectivity index (χ0) is 20.8. The van der Waals surface area contributed by atoms with E-state index in [9.17, 15) is 9.59 Å². The minimum atomic E-state index is -0.526. The van der Waals surface area contributed by atoms with Crippen LogP contribution < -0.4 is 10.2 Å². The van der Waals surface area contributed by atoms with E-state index in [1.807, 2.05) is 23.1 Å². The van der Waals surface area contributed by atoms with Crippen molar-refractivity contribution in [3.8, 4) is 0 Å². The van der Waals surface area contributed by atoms with E-state index in [1.165, 1.54) is 5.69 Å². The molecule has 0 saturated carbocycles. The summed E-state index contributed by atoms with van der Waals surface area (Å²) < 4.78 is 0. The van der Waals surface area contributed by atoms with E-state index in [0.29, 0.717) is 36.0 Å². The van der Waals surface area contributed by atoms with Crippen LogP contribution in [0.1, 0.15) is 30.6 Å². The van der Waals surface area contributed by atoms with Crippen molar-refractivity contribution in [1.82, 2.24) is 10.2 Å². The van der Waals surface area contributed by atoms with Crippen LogP contribution in [-0.4, -0.2) is 48.9 Å². The summed E-state index contributed by atoms with van der Waals surface area (Å²) in [5, 5.41) is 3.51. The summed E-state index contributed by atoms with van der Waals surface area (Å²) in [7, 11) is 0. The Balaban J connectivity index is 1.63. The average Bonchev–Trinajstić information content (AvgIpc) is 2.73. The summed E-state index contributed by atoms with van der Waals surface area (Å²) >= 11 is 5.90. The van der Waals surface area contributed by atoms with Crippen LogP contribution in [-0.2, 0) is 4.79 Å². The second kappa shape index (κ2) is 9.79. The van der Waals surface area contributed by atoms with Crippen molar-refractivity contribution in [1.29, 1.82) is 0 Å². The zero-order valence-corrected chi connectivity index (χ0v) is 17.7. The van der Waals surface area contributed by atoms with Gasteiger partial charge in [-0.1, -0.05) is 43.6 Å². The minimum absolute atomic E-state index is 0.00581. The molecule has 0 aromatic heterocycles. The molecule has 6 heteroatoms. The molecule has 1 unspecified atom stereocenters. The summed E-state index contributed by atoms with van der Waals surface area (Å²) in [4.78, 5) is 30.0. The Morgan fingerprint density at radius 2 is 1.59 bits per heavy atom. The number of benzene rings is 2. The molecule has 0 spiro atoms. The lowest BCUT2D eigenvalue weighted by Crippen LogP contribution is -2.55. The first-order valence-electron chi connectivity index (χ1n) is 10.1. The van der Waals surface area contributed by atoms with Crippen molar-refractivity contribution >= 4 is 29.1 Å². The molecule has 0 aliphatic carbocycles. The molecule has 1 aliphatic rings. The highest BCUT2D eigenvalue weighted by atomic mass is 35.5. The standard InChI is InChI=1S/C23H28ClN3O2/c1-17(2)16-21(25-22(28)18-8-10-19(24)11-9-18)23(29)27-14-12-26(13-15-27)20-6-4-3-5-7-20/h3-11,17,21H,12-16H2,1-2H3,(H,25,28). The van der Waals surface area contributed by atoms with Gasteiger partial charge in [0.1, 0.15) is 6.04 Å². The van der Waals surface area contributed by atoms with Gasteiger partial charge in [-0.3, -0.25) is 9.59 Å². The average molecular weight is 414 g/mol. The quantitative estimate of drug-likeness (QED) is 0.782. The highest BCUT2D eigenvalue weighted by molar-refractivity contribution is 6.30. The van der Waals surface area contributed by atoms with Gasteiger partial charge in [0, 0.05) is 42.5 Å². The van der Waals surface area contributed by atoms with Crippen molar-refractivity contribution in [3.05, 3.63) is 65.2 Å². The van der Waals surface area contributed by atoms with E-state index in [2.05, 4.69) is 36.2 Å². The predicted octanol–water partition coefficient (Wildman–Crippen LogP) is 3.83. The molecule has 1 aliphatic heterocycles. The molecule has 5 nitrogen and oxygen atoms in total. The summed E-state index contributed by atoms with van der Waals surface area (Å²) in [6, 6.07) is 16.4. The number of nitrogens with one attached hydrogen (secondary N) is 1. The third kappa shape index (κ3) is 5.73. The lowest BCUT2D eigenvalue weighted by molar-refractivity contribution is -0.134. The maximum Gasteiger partial charge on any atom is 0.251 e. The summed E-state index contributed by atoms with van der Waals surface area (Å²) in [5.41, 5.74) is 1.68. The highest BCUT2D eigenvalue weighted by Gasteiger charge is 2.29. The van der Waals surface area contributed by atoms with Gasteiger partial charge in [-0.15, -0.1) is 0 Å². The molecule has 154 valence electrons. The number of rotatable bonds is 6. The van der Waals surface area contributed by atoms with Crippen LogP contribution in [0, 0.1) is 5.92 Å². The van der Waals surface area contributed by atoms with Crippen LogP contribution in [0.4, 0.5) is 5.69 Å². The number of amides is 2. The molecule has 2 aromatic carbocycles. The van der Waals surface area contributed by atoms with Crippen LogP contribution in [0.15, 0.2) is 54.6 Å². The molecule has 2 amide bonds. The highest BCUT2D eigenvalue weighted by Crippen LogP contribution is 2.17. The maximum absolute atomic E-state index is 13.2. The topological polar surface area (TPSA) is 52.7 Å². The first-order chi connectivity index (χ1) is 13.9. The van der Waals surface area contributed by atoms with Gasteiger partial charge in [-0.25, -0.2) is 0 Å². The van der Waals surface area contributed by atoms with E-state index in [0.717, 1.165) is 13.1 Å². The van der Waals surface area contributed by atoms with Gasteiger partial charge in [0.05, 0.1) is 0 Å². The lowest BCUT2D eigenvalue weighted by atomic mass is 10.0. The van der Waals surface area contributed by atoms with E-state index < -0.39 is 6.04 Å². The van der Waals surface area contributed by atoms with Gasteiger partial charge in [-0.05, 0) is 48.7 Å². The van der Waals surface area contributed by atoms with E-state index in [-0.39, 0.29) is 11.8 Å². The number of anilines is 1. The molecule has 1 saturated heterocycles. The Kier molecular flexibility index (Phi) is 7.15. The number of nitrogens with zero attached hydrogens (tertiary/aromatic N) is 2. The predicted molar refractivity (Wildman–Crippen MR) is 117 cm³/mol. The van der Waals surface area contributed by atoms with Gasteiger partial charge in [0.2, 0.25) is 5.91 Å². The van der Waals surface area contributed by atoms with Crippen molar-refractivity contribution in [3.63, 3.8) is 0 Å². The number of hydrogen-bond donors (Lipinski definition) is 1. The van der Waals surface area contributed by atoms with Crippen molar-refractivity contribution in [2.45, 2.75) is 26.3 Å². The SMILES string of the molecule is CC(C)CC(NC(=O)c1ccc(Cl)cc1)C(=O)N1CCN(c2ccccc2)CC1. The Morgan fingerprint density at radius 3 is 2.17 bits per heavy atom. The Labute approximate surface area is 177 Å². The van der Waals surface area contributed by atoms with E-state index in [4.69, 9.17) is 11.6 Å². The fourth-order valence-corrected chi connectivity index (χ4v) is 3.71. The molecule has 29 heavy (non-hydrogen) atoms. The molecule has 1 N–H and O–H groups in total. The lowest BCUT2D eigenvalue weighted by Gasteiger charge is -2.38. The van der Waals surface area contributed by atoms with Crippen molar-refractivity contribution in [2.24, 2.45) is 5.92 Å². The van der Waals surface area contributed by atoms with Crippen LogP contribution >= 0.6 is 11.6 Å². The number of carbonyl (C=O) groups excluding carboxylic acids is 2. The smallest absolute Gasteiger partial charge is 0.251 e. The fourth-order valence-electron chi connectivity index (χ4n) is 3.58. The van der Waals surface area contributed by atoms with Gasteiger partial charge in [0.15, 0.2) is 0 Å². The van der Waals surface area contributed by atoms with E-state index in [1.54, 1.807) is 24.3 Å². The summed E-state index contributed by atoms with van der Waals surface area (Å²) in [5.74, 6) is 0.0392. The normalized spacial score (nSPS) is 15.3. The van der Waals surface area contributed by atoms with E-state index >= 15 is 0 Å². The Morgan fingerprint density at radius 1 is 0.966 bits per heavy atom. The minimum Gasteiger partial charge on any atom is -0.368 e. The van der Waals surface area contributed by atoms with Crippen LogP contribution in [0.2, 0.25) is 5.02 Å². The largest absolute Gasteiger partial charge is 0.368 e. The first-order valence-corrected chi connectivity index (χ1v) is 10.5. The first kappa shape index (κ1) is 21.2. The molecular formula is C23H28ClN3O2. The number of halogens is 1. The third-order valence-corrected chi connectivity index (χ3v) is 5.38. The molecular weight excluding hydrogens is 386 g/mol. The molecule has 1 heterocycles. The fraction of sp³-hybridized carbons (Fsp3) is 0.391. The molecule has 1 fully saturated rings. The van der Waals surface area contributed by atoms with Crippen LogP contribution in [0.25, 0.3) is 0 Å². The van der Waals surface area contributed by atoms with Gasteiger partial charge in [-0.2, -0.15) is 0 Å². The van der Waals surface area contributed by atoms with Gasteiger partial charge >= 0.3 is 0 Å². The molecule has 1 atom stereocenters. The van der Waals surface area contributed by atoms with Crippen molar-refractivity contribution < 1.29 is 9.59 Å². The number of piperazine rings is 1. The van der Waals surface area contributed by atoms with Gasteiger partial charge in [0.25, 0.3) is 5.91 Å².